The van der Waals surface area contributed by atoms with E-state index in [1.54, 1.807) is 0 Å². The lowest BCUT2D eigenvalue weighted by Gasteiger charge is -2.36. The summed E-state index contributed by atoms with van der Waals surface area (Å²) in [4.78, 5) is 7.02. The Balaban J connectivity index is 2.47. The van der Waals surface area contributed by atoms with Gasteiger partial charge in [0, 0.05) is 29.4 Å². The SMILES string of the molecule is CCCC1=CC(N(CC)CC)=NC(N)(c2ccc(C)c(Cl)c2)N1. The molecule has 0 aliphatic carbocycles. The van der Waals surface area contributed by atoms with E-state index in [-0.39, 0.29) is 0 Å². The topological polar surface area (TPSA) is 53.6 Å². The molecule has 0 bridgehead atoms. The van der Waals surface area contributed by atoms with Crippen molar-refractivity contribution >= 4 is 17.4 Å². The number of nitrogens with one attached hydrogen (secondary N) is 1. The lowest BCUT2D eigenvalue weighted by Crippen LogP contribution is -2.52. The molecule has 1 aliphatic heterocycles. The maximum absolute atomic E-state index is 6.63. The molecule has 0 aromatic heterocycles. The summed E-state index contributed by atoms with van der Waals surface area (Å²) in [5.74, 6) is -0.0504. The largest absolute Gasteiger partial charge is 0.357 e. The average Bonchev–Trinajstić information content (AvgIpc) is 2.51. The molecular weight excluding hydrogens is 308 g/mol. The van der Waals surface area contributed by atoms with E-state index < -0.39 is 5.79 Å². The third-order valence-corrected chi connectivity index (χ3v) is 4.57. The fourth-order valence-corrected chi connectivity index (χ4v) is 2.94. The first-order valence-corrected chi connectivity index (χ1v) is 8.70. The average molecular weight is 335 g/mol. The number of benzene rings is 1. The number of aliphatic imine (C=N–C) groups is 1. The van der Waals surface area contributed by atoms with Crippen LogP contribution in [-0.2, 0) is 5.79 Å². The van der Waals surface area contributed by atoms with Crippen molar-refractivity contribution in [3.8, 4) is 0 Å². The first kappa shape index (κ1) is 17.8. The maximum Gasteiger partial charge on any atom is 0.211 e. The summed E-state index contributed by atoms with van der Waals surface area (Å²) in [6.45, 7) is 10.2. The van der Waals surface area contributed by atoms with Gasteiger partial charge in [0.25, 0.3) is 0 Å². The van der Waals surface area contributed by atoms with Crippen molar-refractivity contribution in [2.45, 2.75) is 46.3 Å². The predicted octanol–water partition coefficient (Wildman–Crippen LogP) is 3.74. The number of hydrogen-bond donors (Lipinski definition) is 2. The summed E-state index contributed by atoms with van der Waals surface area (Å²) in [6, 6.07) is 5.88. The summed E-state index contributed by atoms with van der Waals surface area (Å²) in [7, 11) is 0. The van der Waals surface area contributed by atoms with Gasteiger partial charge in [0.1, 0.15) is 5.84 Å². The van der Waals surface area contributed by atoms with Gasteiger partial charge in [-0.25, -0.2) is 4.99 Å². The van der Waals surface area contributed by atoms with Gasteiger partial charge in [-0.15, -0.1) is 0 Å². The van der Waals surface area contributed by atoms with Gasteiger partial charge in [0.15, 0.2) is 0 Å². The molecule has 0 saturated heterocycles. The molecule has 1 heterocycles. The second kappa shape index (κ2) is 7.37. The molecule has 2 rings (SSSR count). The Labute approximate surface area is 144 Å². The van der Waals surface area contributed by atoms with Crippen LogP contribution in [-0.4, -0.2) is 23.8 Å². The first-order valence-electron chi connectivity index (χ1n) is 8.32. The van der Waals surface area contributed by atoms with Crippen LogP contribution >= 0.6 is 11.6 Å². The molecule has 3 N–H and O–H groups in total. The van der Waals surface area contributed by atoms with Crippen molar-refractivity contribution in [2.24, 2.45) is 10.7 Å². The van der Waals surface area contributed by atoms with Crippen LogP contribution in [0.25, 0.3) is 0 Å². The summed E-state index contributed by atoms with van der Waals surface area (Å²) in [5.41, 5.74) is 9.66. The van der Waals surface area contributed by atoms with Crippen LogP contribution in [0.2, 0.25) is 5.02 Å². The summed E-state index contributed by atoms with van der Waals surface area (Å²) >= 11 is 6.29. The Morgan fingerprint density at radius 1 is 1.26 bits per heavy atom. The standard InChI is InChI=1S/C18H27ClN4/c1-5-8-15-12-17(23(6-2)7-3)22-18(20,21-15)14-10-9-13(4)16(19)11-14/h9-12,21H,5-8,20H2,1-4H3. The van der Waals surface area contributed by atoms with Crippen LogP contribution in [0.3, 0.4) is 0 Å². The van der Waals surface area contributed by atoms with Gasteiger partial charge >= 0.3 is 0 Å². The van der Waals surface area contributed by atoms with E-state index in [4.69, 9.17) is 22.3 Å². The minimum atomic E-state index is -0.978. The lowest BCUT2D eigenvalue weighted by molar-refractivity contribution is 0.367. The van der Waals surface area contributed by atoms with Gasteiger partial charge < -0.3 is 10.2 Å². The van der Waals surface area contributed by atoms with Crippen LogP contribution < -0.4 is 11.1 Å². The fraction of sp³-hybridized carbons (Fsp3) is 0.500. The Hall–Kier alpha value is -1.52. The monoisotopic (exact) mass is 334 g/mol. The molecule has 0 radical (unpaired) electrons. The highest BCUT2D eigenvalue weighted by molar-refractivity contribution is 6.31. The molecule has 1 atom stereocenters. The molecule has 126 valence electrons. The van der Waals surface area contributed by atoms with Crippen molar-refractivity contribution in [2.75, 3.05) is 13.1 Å². The van der Waals surface area contributed by atoms with E-state index in [0.717, 1.165) is 48.6 Å². The molecule has 1 aromatic rings. The molecular formula is C18H27ClN4. The second-order valence-electron chi connectivity index (χ2n) is 5.92. The third-order valence-electron chi connectivity index (χ3n) is 4.16. The number of nitrogens with two attached hydrogens (primary N) is 1. The Morgan fingerprint density at radius 3 is 2.52 bits per heavy atom. The molecule has 5 heteroatoms. The number of nitrogens with zero attached hydrogens (tertiary/aromatic N) is 2. The van der Waals surface area contributed by atoms with E-state index in [9.17, 15) is 0 Å². The number of allylic oxidation sites excluding steroid dienone is 1. The number of aryl methyl sites for hydroxylation is 1. The van der Waals surface area contributed by atoms with Gasteiger partial charge in [-0.05, 0) is 44.9 Å². The third kappa shape index (κ3) is 3.88. The van der Waals surface area contributed by atoms with Crippen molar-refractivity contribution < 1.29 is 0 Å². The minimum absolute atomic E-state index is 0.709. The van der Waals surface area contributed by atoms with Crippen molar-refractivity contribution in [3.63, 3.8) is 0 Å². The van der Waals surface area contributed by atoms with Gasteiger partial charge in [-0.2, -0.15) is 0 Å². The van der Waals surface area contributed by atoms with Gasteiger partial charge in [0.05, 0.1) is 0 Å². The van der Waals surface area contributed by atoms with E-state index in [0.29, 0.717) is 5.02 Å². The summed E-state index contributed by atoms with van der Waals surface area (Å²) in [6.07, 6.45) is 4.10. The molecule has 1 aliphatic rings. The zero-order chi connectivity index (χ0) is 17.0. The van der Waals surface area contributed by atoms with Crippen molar-refractivity contribution in [1.82, 2.24) is 10.2 Å². The van der Waals surface area contributed by atoms with Gasteiger partial charge in [0.2, 0.25) is 5.79 Å². The molecule has 1 aromatic carbocycles. The quantitative estimate of drug-likeness (QED) is 0.862. The van der Waals surface area contributed by atoms with Crippen LogP contribution in [0.15, 0.2) is 35.0 Å². The zero-order valence-corrected chi connectivity index (χ0v) is 15.2. The van der Waals surface area contributed by atoms with E-state index in [2.05, 4.69) is 37.1 Å². The zero-order valence-electron chi connectivity index (χ0n) is 14.5. The van der Waals surface area contributed by atoms with E-state index >= 15 is 0 Å². The normalized spacial score (nSPS) is 20.6. The van der Waals surface area contributed by atoms with Crippen molar-refractivity contribution in [1.29, 1.82) is 0 Å². The summed E-state index contributed by atoms with van der Waals surface area (Å²) < 4.78 is 0. The van der Waals surface area contributed by atoms with Crippen molar-refractivity contribution in [3.05, 3.63) is 46.1 Å². The molecule has 0 amide bonds. The van der Waals surface area contributed by atoms with Crippen LogP contribution in [0.4, 0.5) is 0 Å². The Bertz CT molecular complexity index is 619. The number of halogens is 1. The number of amidine groups is 1. The second-order valence-corrected chi connectivity index (χ2v) is 6.32. The van der Waals surface area contributed by atoms with E-state index in [1.165, 1.54) is 0 Å². The number of rotatable bonds is 5. The molecule has 0 spiro atoms. The van der Waals surface area contributed by atoms with Crippen LogP contribution in [0.1, 0.15) is 44.7 Å². The number of hydrogen-bond acceptors (Lipinski definition) is 4. The smallest absolute Gasteiger partial charge is 0.211 e. The lowest BCUT2D eigenvalue weighted by atomic mass is 10.0. The maximum atomic E-state index is 6.63. The highest BCUT2D eigenvalue weighted by atomic mass is 35.5. The highest BCUT2D eigenvalue weighted by Crippen LogP contribution is 2.28. The summed E-state index contributed by atoms with van der Waals surface area (Å²) in [5, 5.41) is 4.10. The molecule has 23 heavy (non-hydrogen) atoms. The molecule has 4 nitrogen and oxygen atoms in total. The first-order chi connectivity index (χ1) is 10.9. The van der Waals surface area contributed by atoms with Crippen LogP contribution in [0.5, 0.6) is 0 Å². The molecule has 1 unspecified atom stereocenters. The fourth-order valence-electron chi connectivity index (χ4n) is 2.76. The van der Waals surface area contributed by atoms with Gasteiger partial charge in [-0.1, -0.05) is 37.1 Å². The van der Waals surface area contributed by atoms with Crippen LogP contribution in [0, 0.1) is 6.92 Å². The Morgan fingerprint density at radius 2 is 1.96 bits per heavy atom. The number of likely N-dealkylation sites (N-methyl/N-ethyl adjacent to an activating group) is 1. The molecule has 0 fully saturated rings. The Kier molecular flexibility index (Phi) is 5.71. The predicted molar refractivity (Wildman–Crippen MR) is 98.5 cm³/mol. The molecule has 0 saturated carbocycles. The highest BCUT2D eigenvalue weighted by Gasteiger charge is 2.32. The van der Waals surface area contributed by atoms with Gasteiger partial charge in [-0.3, -0.25) is 5.73 Å². The minimum Gasteiger partial charge on any atom is -0.357 e. The van der Waals surface area contributed by atoms with E-state index in [1.807, 2.05) is 25.1 Å².